The van der Waals surface area contributed by atoms with E-state index in [9.17, 15) is 5.11 Å². The Labute approximate surface area is 94.9 Å². The van der Waals surface area contributed by atoms with Gasteiger partial charge in [0.1, 0.15) is 0 Å². The van der Waals surface area contributed by atoms with E-state index in [1.54, 1.807) is 0 Å². The zero-order valence-corrected chi connectivity index (χ0v) is 11.0. The van der Waals surface area contributed by atoms with Gasteiger partial charge in [-0.3, -0.25) is 0 Å². The van der Waals surface area contributed by atoms with E-state index in [1.807, 2.05) is 0 Å². The van der Waals surface area contributed by atoms with Crippen molar-refractivity contribution in [3.05, 3.63) is 0 Å². The fourth-order valence-electron chi connectivity index (χ4n) is 1.20. The molecule has 0 aliphatic rings. The molecule has 3 nitrogen and oxygen atoms in total. The van der Waals surface area contributed by atoms with Gasteiger partial charge >= 0.3 is 0 Å². The molecule has 92 valence electrons. The maximum Gasteiger partial charge on any atom is 0.0496 e. The maximum absolute atomic E-state index is 9.23. The van der Waals surface area contributed by atoms with Crippen molar-refractivity contribution in [1.82, 2.24) is 10.2 Å². The van der Waals surface area contributed by atoms with Crippen LogP contribution in [0, 0.1) is 5.41 Å². The van der Waals surface area contributed by atoms with Gasteiger partial charge in [0.25, 0.3) is 0 Å². The molecule has 0 heterocycles. The van der Waals surface area contributed by atoms with Crippen LogP contribution >= 0.6 is 0 Å². The third-order valence-electron chi connectivity index (χ3n) is 3.31. The standard InChI is InChI=1S/C12H28N2O/c1-6-12(4,10-15)9-13-7-8-14(5)11(2)3/h11,13,15H,6-10H2,1-5H3. The van der Waals surface area contributed by atoms with Crippen LogP contribution in [0.4, 0.5) is 0 Å². The smallest absolute Gasteiger partial charge is 0.0496 e. The van der Waals surface area contributed by atoms with Crippen LogP contribution in [-0.4, -0.2) is 49.3 Å². The van der Waals surface area contributed by atoms with Crippen molar-refractivity contribution < 1.29 is 5.11 Å². The molecule has 0 rings (SSSR count). The van der Waals surface area contributed by atoms with Crippen LogP contribution < -0.4 is 5.32 Å². The average Bonchev–Trinajstić information content (AvgIpc) is 2.23. The maximum atomic E-state index is 9.23. The lowest BCUT2D eigenvalue weighted by Crippen LogP contribution is -2.39. The summed E-state index contributed by atoms with van der Waals surface area (Å²) >= 11 is 0. The van der Waals surface area contributed by atoms with E-state index in [0.29, 0.717) is 6.04 Å². The third-order valence-corrected chi connectivity index (χ3v) is 3.31. The zero-order chi connectivity index (χ0) is 11.9. The number of hydrogen-bond acceptors (Lipinski definition) is 3. The molecule has 0 aliphatic heterocycles. The Hall–Kier alpha value is -0.120. The van der Waals surface area contributed by atoms with E-state index in [4.69, 9.17) is 0 Å². The third kappa shape index (κ3) is 6.13. The van der Waals surface area contributed by atoms with E-state index >= 15 is 0 Å². The molecule has 1 atom stereocenters. The first-order chi connectivity index (χ1) is 6.95. The minimum absolute atomic E-state index is 0.0381. The first-order valence-corrected chi connectivity index (χ1v) is 5.97. The summed E-state index contributed by atoms with van der Waals surface area (Å²) in [5, 5.41) is 12.6. The van der Waals surface area contributed by atoms with Crippen molar-refractivity contribution in [2.75, 3.05) is 33.3 Å². The summed E-state index contributed by atoms with van der Waals surface area (Å²) in [6.07, 6.45) is 1.01. The highest BCUT2D eigenvalue weighted by atomic mass is 16.3. The van der Waals surface area contributed by atoms with Crippen LogP contribution in [-0.2, 0) is 0 Å². The molecule has 0 aromatic heterocycles. The molecule has 0 aromatic carbocycles. The van der Waals surface area contributed by atoms with Crippen molar-refractivity contribution in [3.8, 4) is 0 Å². The highest BCUT2D eigenvalue weighted by molar-refractivity contribution is 4.74. The van der Waals surface area contributed by atoms with Gasteiger partial charge in [0, 0.05) is 37.7 Å². The number of nitrogens with zero attached hydrogens (tertiary/aromatic N) is 1. The molecule has 0 saturated heterocycles. The van der Waals surface area contributed by atoms with Gasteiger partial charge in [-0.2, -0.15) is 0 Å². The second kappa shape index (κ2) is 7.20. The van der Waals surface area contributed by atoms with Crippen LogP contribution in [0.5, 0.6) is 0 Å². The summed E-state index contributed by atoms with van der Waals surface area (Å²) in [6.45, 7) is 11.8. The number of aliphatic hydroxyl groups is 1. The quantitative estimate of drug-likeness (QED) is 0.601. The molecule has 0 aromatic rings. The Morgan fingerprint density at radius 3 is 2.40 bits per heavy atom. The molecule has 15 heavy (non-hydrogen) atoms. The van der Waals surface area contributed by atoms with Crippen LogP contribution in [0.2, 0.25) is 0 Å². The minimum Gasteiger partial charge on any atom is -0.396 e. The molecule has 0 aliphatic carbocycles. The highest BCUT2D eigenvalue weighted by Gasteiger charge is 2.19. The Balaban J connectivity index is 3.62. The van der Waals surface area contributed by atoms with E-state index in [0.717, 1.165) is 26.1 Å². The van der Waals surface area contributed by atoms with E-state index in [-0.39, 0.29) is 12.0 Å². The zero-order valence-electron chi connectivity index (χ0n) is 11.0. The van der Waals surface area contributed by atoms with Gasteiger partial charge in [0.05, 0.1) is 0 Å². The average molecular weight is 216 g/mol. The van der Waals surface area contributed by atoms with Gasteiger partial charge in [0.2, 0.25) is 0 Å². The second-order valence-corrected chi connectivity index (χ2v) is 5.07. The number of aliphatic hydroxyl groups excluding tert-OH is 1. The van der Waals surface area contributed by atoms with Crippen LogP contribution in [0.1, 0.15) is 34.1 Å². The van der Waals surface area contributed by atoms with Crippen molar-refractivity contribution >= 4 is 0 Å². The van der Waals surface area contributed by atoms with Crippen molar-refractivity contribution in [3.63, 3.8) is 0 Å². The van der Waals surface area contributed by atoms with E-state index in [1.165, 1.54) is 0 Å². The minimum atomic E-state index is 0.0381. The Morgan fingerprint density at radius 1 is 1.40 bits per heavy atom. The normalized spacial score (nSPS) is 16.0. The first kappa shape index (κ1) is 14.9. The fraction of sp³-hybridized carbons (Fsp3) is 1.00. The van der Waals surface area contributed by atoms with Crippen molar-refractivity contribution in [2.24, 2.45) is 5.41 Å². The number of nitrogens with one attached hydrogen (secondary N) is 1. The molecule has 0 spiro atoms. The molecule has 3 heteroatoms. The molecule has 0 saturated carbocycles. The first-order valence-electron chi connectivity index (χ1n) is 5.97. The number of hydrogen-bond donors (Lipinski definition) is 2. The largest absolute Gasteiger partial charge is 0.396 e. The fourth-order valence-corrected chi connectivity index (χ4v) is 1.20. The molecular weight excluding hydrogens is 188 g/mol. The van der Waals surface area contributed by atoms with Crippen molar-refractivity contribution in [2.45, 2.75) is 40.2 Å². The molecular formula is C12H28N2O. The molecule has 0 amide bonds. The molecule has 0 bridgehead atoms. The molecule has 0 radical (unpaired) electrons. The van der Waals surface area contributed by atoms with Gasteiger partial charge in [-0.1, -0.05) is 13.8 Å². The van der Waals surface area contributed by atoms with Gasteiger partial charge in [-0.05, 0) is 27.3 Å². The van der Waals surface area contributed by atoms with Crippen molar-refractivity contribution in [1.29, 1.82) is 0 Å². The van der Waals surface area contributed by atoms with Gasteiger partial charge in [0.15, 0.2) is 0 Å². The Kier molecular flexibility index (Phi) is 7.14. The predicted octanol–water partition coefficient (Wildman–Crippen LogP) is 1.32. The summed E-state index contributed by atoms with van der Waals surface area (Å²) < 4.78 is 0. The topological polar surface area (TPSA) is 35.5 Å². The van der Waals surface area contributed by atoms with E-state index < -0.39 is 0 Å². The van der Waals surface area contributed by atoms with Crippen LogP contribution in [0.25, 0.3) is 0 Å². The van der Waals surface area contributed by atoms with Crippen LogP contribution in [0.3, 0.4) is 0 Å². The van der Waals surface area contributed by atoms with E-state index in [2.05, 4.69) is 45.0 Å². The van der Waals surface area contributed by atoms with Crippen LogP contribution in [0.15, 0.2) is 0 Å². The Morgan fingerprint density at radius 2 is 2.00 bits per heavy atom. The lowest BCUT2D eigenvalue weighted by Gasteiger charge is -2.27. The summed E-state index contributed by atoms with van der Waals surface area (Å²) in [4.78, 5) is 2.31. The summed E-state index contributed by atoms with van der Waals surface area (Å²) in [5.41, 5.74) is 0.0381. The molecule has 0 fully saturated rings. The molecule has 1 unspecified atom stereocenters. The summed E-state index contributed by atoms with van der Waals surface area (Å²) in [6, 6.07) is 0.599. The van der Waals surface area contributed by atoms with Gasteiger partial charge < -0.3 is 15.3 Å². The number of likely N-dealkylation sites (N-methyl/N-ethyl adjacent to an activating group) is 1. The lowest BCUT2D eigenvalue weighted by molar-refractivity contribution is 0.134. The second-order valence-electron chi connectivity index (χ2n) is 5.07. The Bertz CT molecular complexity index is 156. The SMILES string of the molecule is CCC(C)(CO)CNCCN(C)C(C)C. The predicted molar refractivity (Wildman–Crippen MR) is 66.1 cm³/mol. The molecule has 2 N–H and O–H groups in total. The lowest BCUT2D eigenvalue weighted by atomic mass is 9.89. The summed E-state index contributed by atoms with van der Waals surface area (Å²) in [5.74, 6) is 0. The van der Waals surface area contributed by atoms with Gasteiger partial charge in [-0.25, -0.2) is 0 Å². The number of rotatable bonds is 8. The van der Waals surface area contributed by atoms with Gasteiger partial charge in [-0.15, -0.1) is 0 Å². The monoisotopic (exact) mass is 216 g/mol. The summed E-state index contributed by atoms with van der Waals surface area (Å²) in [7, 11) is 2.14. The highest BCUT2D eigenvalue weighted by Crippen LogP contribution is 2.17.